The van der Waals surface area contributed by atoms with Crippen molar-refractivity contribution in [3.05, 3.63) is 175 Å². The summed E-state index contributed by atoms with van der Waals surface area (Å²) in [6.45, 7) is 23.9. The van der Waals surface area contributed by atoms with Gasteiger partial charge in [-0.15, -0.1) is 20.9 Å². The summed E-state index contributed by atoms with van der Waals surface area (Å²) in [5, 5.41) is 3.32. The number of fused-ring (bicyclic) bond motifs is 20. The summed E-state index contributed by atoms with van der Waals surface area (Å²) in [6, 6.07) is 32.2. The van der Waals surface area contributed by atoms with Crippen LogP contribution in [0.25, 0.3) is 21.5 Å². The molecule has 93 heavy (non-hydrogen) atoms. The molecule has 0 fully saturated rings. The van der Waals surface area contributed by atoms with Crippen LogP contribution in [0.5, 0.6) is 0 Å². The summed E-state index contributed by atoms with van der Waals surface area (Å²) < 4.78 is 9.42. The largest absolute Gasteiger partial charge is 0.404 e. The van der Waals surface area contributed by atoms with Gasteiger partial charge in [0.05, 0.1) is 94.9 Å². The van der Waals surface area contributed by atoms with Gasteiger partial charge in [-0.05, 0) is 148 Å². The van der Waals surface area contributed by atoms with Crippen molar-refractivity contribution in [3.8, 4) is 0 Å². The highest BCUT2D eigenvalue weighted by molar-refractivity contribution is 8.00. The number of nitrogens with zero attached hydrogens (tertiary/aromatic N) is 12. The van der Waals surface area contributed by atoms with Crippen LogP contribution in [0.4, 0.5) is 51.4 Å². The Morgan fingerprint density at radius 2 is 0.871 bits per heavy atom. The fourth-order valence-corrected chi connectivity index (χ4v) is 22.6. The highest BCUT2D eigenvalue weighted by atomic mass is 32.2. The van der Waals surface area contributed by atoms with E-state index in [0.717, 1.165) is 162 Å². The van der Waals surface area contributed by atoms with Crippen molar-refractivity contribution >= 4 is 167 Å². The molecule has 0 bridgehead atoms. The molecule has 9 aromatic rings. The average molecular weight is 1290 g/mol. The molecule has 1 aliphatic carbocycles. The molecule has 0 saturated carbocycles. The first-order chi connectivity index (χ1) is 44.9. The van der Waals surface area contributed by atoms with Gasteiger partial charge in [-0.1, -0.05) is 104 Å². The normalized spacial score (nSPS) is 20.3. The van der Waals surface area contributed by atoms with Gasteiger partial charge in [-0.2, -0.15) is 9.13 Å². The molecular weight excluding hydrogens is 1240 g/mol. The van der Waals surface area contributed by atoms with E-state index < -0.39 is 5.91 Å². The van der Waals surface area contributed by atoms with Crippen molar-refractivity contribution in [1.29, 1.82) is 0 Å². The summed E-state index contributed by atoms with van der Waals surface area (Å²) >= 11 is 6.81. The van der Waals surface area contributed by atoms with Crippen molar-refractivity contribution in [1.82, 2.24) is 9.13 Å². The number of benzene rings is 7. The van der Waals surface area contributed by atoms with E-state index in [-0.39, 0.29) is 34.9 Å². The molecule has 12 heterocycles. The molecule has 2 aromatic heterocycles. The van der Waals surface area contributed by atoms with E-state index in [0.29, 0.717) is 46.0 Å². The van der Waals surface area contributed by atoms with Crippen molar-refractivity contribution in [2.45, 2.75) is 135 Å². The predicted molar refractivity (Wildman–Crippen MR) is 366 cm³/mol. The minimum Gasteiger partial charge on any atom is -0.303 e. The molecule has 3 atom stereocenters. The first kappa shape index (κ1) is 54.2. The highest BCUT2D eigenvalue weighted by Crippen LogP contribution is 2.64. The number of aliphatic imine (C=N–C) groups is 2. The second kappa shape index (κ2) is 17.7. The molecule has 11 aliphatic rings. The second-order valence-electron chi connectivity index (χ2n) is 25.7. The quantitative estimate of drug-likeness (QED) is 0.136. The van der Waals surface area contributed by atoms with Gasteiger partial charge in [0, 0.05) is 62.0 Å². The van der Waals surface area contributed by atoms with Crippen LogP contribution in [0.15, 0.2) is 174 Å². The van der Waals surface area contributed by atoms with Gasteiger partial charge in [0.1, 0.15) is 0 Å². The number of hydrogen-bond donors (Lipinski definition) is 0. The lowest BCUT2D eigenvalue weighted by molar-refractivity contribution is -0.790. The number of amides is 4. The lowest BCUT2D eigenvalue weighted by atomic mass is 9.82. The summed E-state index contributed by atoms with van der Waals surface area (Å²) in [5.41, 5.74) is 18.3. The SMILES string of the molecule is CC(=O)N1c2ccccc2Sc2c(C)c3c(c(C)c21)C1=Nc2c4c(C)c5c(c(C)c4c4n2[C@@]26n7c(c8c(C)c9c(c(C)c8c7=NC3=[N+]12)N(C(C)=O)c1ccccc1S9)=NC1=[N+]6C(=N4)C2=C(C)C3Sc4ccccc4N(C(C)=O)C3C(C)=C21)N(C(C)=O)c1ccccc1S5. The van der Waals surface area contributed by atoms with Crippen LogP contribution in [-0.2, 0) is 25.1 Å². The van der Waals surface area contributed by atoms with Gasteiger partial charge in [-0.25, -0.2) is 0 Å². The van der Waals surface area contributed by atoms with Crippen LogP contribution in [0.3, 0.4) is 0 Å². The molecule has 0 N–H and O–H groups in total. The predicted octanol–water partition coefficient (Wildman–Crippen LogP) is 14.2. The molecule has 7 aromatic carbocycles. The fraction of sp³-hybridized carbons (Fsp3) is 0.205. The maximum Gasteiger partial charge on any atom is 0.404 e. The number of thioether (sulfide) groups is 1. The topological polar surface area (TPSA) is 147 Å². The average Bonchev–Trinajstić information content (AvgIpc) is 1.46. The molecule has 20 rings (SSSR count). The second-order valence-corrected chi connectivity index (χ2v) is 30.1. The smallest absolute Gasteiger partial charge is 0.303 e. The third-order valence-electron chi connectivity index (χ3n) is 21.0. The van der Waals surface area contributed by atoms with E-state index >= 15 is 0 Å². The van der Waals surface area contributed by atoms with E-state index in [4.69, 9.17) is 20.0 Å². The van der Waals surface area contributed by atoms with Crippen molar-refractivity contribution < 1.29 is 28.3 Å². The maximum atomic E-state index is 14.6. The summed E-state index contributed by atoms with van der Waals surface area (Å²) in [7, 11) is 0. The summed E-state index contributed by atoms with van der Waals surface area (Å²) in [5.74, 6) is 2.12. The molecule has 16 nitrogen and oxygen atoms in total. The van der Waals surface area contributed by atoms with Gasteiger partial charge >= 0.3 is 5.91 Å². The van der Waals surface area contributed by atoms with Crippen molar-refractivity contribution in [2.24, 2.45) is 20.0 Å². The first-order valence-corrected chi connectivity index (χ1v) is 34.5. The van der Waals surface area contributed by atoms with E-state index in [1.165, 1.54) is 0 Å². The van der Waals surface area contributed by atoms with E-state index in [2.05, 4.69) is 104 Å². The summed E-state index contributed by atoms with van der Waals surface area (Å²) in [4.78, 5) is 97.2. The minimum atomic E-state index is -1.53. The van der Waals surface area contributed by atoms with E-state index in [1.807, 2.05) is 86.3 Å². The van der Waals surface area contributed by atoms with Gasteiger partial charge in [0.25, 0.3) is 23.3 Å². The Hall–Kier alpha value is -9.34. The number of aryl methyl sites for hydroxylation is 4. The number of hydrogen-bond acceptors (Lipinski definition) is 12. The number of rotatable bonds is 0. The van der Waals surface area contributed by atoms with E-state index in [1.54, 1.807) is 74.7 Å². The lowest BCUT2D eigenvalue weighted by Gasteiger charge is -2.45. The van der Waals surface area contributed by atoms with Gasteiger partial charge in [-0.3, -0.25) is 33.9 Å². The third kappa shape index (κ3) is 6.03. The molecule has 20 heteroatoms. The number of carbonyl (C=O) groups excluding carboxylic acids is 4. The zero-order chi connectivity index (χ0) is 63.5. The number of anilines is 7. The standard InChI is InChI=1S/C73H54N12O4S4/c1-29-49-53(33(5)61-57(29)78(37(9)86)41-21-13-17-25-45(41)90-61)69-75-66-51-31(3)59-63(92-47-27-19-15-23-43(47)80(59)39(11)88)35(7)55(51)71-77-68-52-32(4)60-64(93-48-28-20-16-24-44(48)81(60)40(12)89)36(8)56(52)72-76-67-50-30(2)58-62(91-46-26-18-14-22-42(46)79(58)38(10)87)34(6)54(50)70-74-65(49)82(69)73(83(67)70,84(66)71)85(68)72/h13-28,57,61H,1-12H3/q+2/t57?,61?,73-/m1/s1. The van der Waals surface area contributed by atoms with Gasteiger partial charge in [0.15, 0.2) is 0 Å². The Kier molecular flexibility index (Phi) is 10.3. The molecule has 2 unspecified atom stereocenters. The van der Waals surface area contributed by atoms with Crippen LogP contribution in [-0.4, -0.2) is 76.5 Å². The maximum absolute atomic E-state index is 14.6. The van der Waals surface area contributed by atoms with Crippen LogP contribution in [0.1, 0.15) is 86.1 Å². The Balaban J connectivity index is 1.02. The van der Waals surface area contributed by atoms with Crippen LogP contribution in [0.2, 0.25) is 0 Å². The summed E-state index contributed by atoms with van der Waals surface area (Å²) in [6.07, 6.45) is 0. The lowest BCUT2D eigenvalue weighted by Crippen LogP contribution is -2.71. The molecule has 452 valence electrons. The van der Waals surface area contributed by atoms with Gasteiger partial charge < -0.3 is 4.90 Å². The highest BCUT2D eigenvalue weighted by Gasteiger charge is 2.72. The van der Waals surface area contributed by atoms with E-state index in [9.17, 15) is 19.2 Å². The Morgan fingerprint density at radius 3 is 1.42 bits per heavy atom. The molecule has 10 aliphatic heterocycles. The van der Waals surface area contributed by atoms with Crippen LogP contribution < -0.4 is 30.6 Å². The van der Waals surface area contributed by atoms with Crippen LogP contribution >= 0.6 is 47.0 Å². The Labute approximate surface area is 549 Å². The van der Waals surface area contributed by atoms with Crippen molar-refractivity contribution in [2.75, 3.05) is 19.6 Å². The van der Waals surface area contributed by atoms with Gasteiger partial charge in [0.2, 0.25) is 46.2 Å². The van der Waals surface area contributed by atoms with Crippen LogP contribution in [0, 0.1) is 41.5 Å². The number of carbonyl (C=O) groups is 4. The first-order valence-electron chi connectivity index (χ1n) is 31.1. The zero-order valence-electron chi connectivity index (χ0n) is 52.5. The Bertz CT molecular complexity index is 5820. The molecule has 4 amide bonds. The number of para-hydroxylation sites is 4. The molecule has 0 radical (unpaired) electrons. The molecule has 0 saturated heterocycles. The Morgan fingerprint density at radius 1 is 0.430 bits per heavy atom. The fourth-order valence-electron chi connectivity index (χ4n) is 17.5. The molecule has 1 spiro atoms. The zero-order valence-corrected chi connectivity index (χ0v) is 55.8. The van der Waals surface area contributed by atoms with Crippen molar-refractivity contribution in [3.63, 3.8) is 0 Å². The monoisotopic (exact) mass is 1290 g/mol. The third-order valence-corrected chi connectivity index (χ3v) is 26.3. The number of aromatic nitrogens is 2. The number of amidine groups is 4. The molecular formula is C73H54N12O4S4+2. The minimum absolute atomic E-state index is 0.0546.